The molecule has 0 radical (unpaired) electrons. The third-order valence-electron chi connectivity index (χ3n) is 13.1. The Hall–Kier alpha value is -8.86. The van der Waals surface area contributed by atoms with Crippen molar-refractivity contribution in [1.82, 2.24) is 19.1 Å². The maximum absolute atomic E-state index is 5.21. The number of hydrogen-bond acceptors (Lipinski definition) is 2. The molecule has 3 aromatic heterocycles. The van der Waals surface area contributed by atoms with Crippen LogP contribution in [0.4, 0.5) is 0 Å². The number of benzene rings is 10. The van der Waals surface area contributed by atoms with Crippen molar-refractivity contribution in [2.45, 2.75) is 0 Å². The second-order valence-electron chi connectivity index (χ2n) is 17.0. The fourth-order valence-corrected chi connectivity index (χ4v) is 9.88. The van der Waals surface area contributed by atoms with Crippen LogP contribution in [0.1, 0.15) is 0 Å². The maximum atomic E-state index is 5.21. The number of hydrogen-bond donors (Lipinski definition) is 0. The van der Waals surface area contributed by atoms with Crippen molar-refractivity contribution in [2.24, 2.45) is 0 Å². The minimum atomic E-state index is 0.648. The molecule has 0 saturated carbocycles. The molecule has 0 aliphatic carbocycles. The standard InChI is InChI=1S/C62H40N4/c1-4-14-43(15-5-1)56-40-57(44-16-6-2-7-17-44)64-62(63-56)66-59-23-13-11-21-53(59)55-38-49(33-35-60(55)66)42-26-24-41(25-27-42)45-28-29-47-37-48(31-30-46(47)36-45)50-32-34-54-52-20-10-12-22-58(52)65(61(54)39-50)51-18-8-3-9-19-51/h1-40H. The molecular formula is C62H40N4. The van der Waals surface area contributed by atoms with Gasteiger partial charge in [-0.2, -0.15) is 0 Å². The van der Waals surface area contributed by atoms with Gasteiger partial charge >= 0.3 is 0 Å². The molecule has 0 spiro atoms. The summed E-state index contributed by atoms with van der Waals surface area (Å²) >= 11 is 0. The molecule has 66 heavy (non-hydrogen) atoms. The third-order valence-corrected chi connectivity index (χ3v) is 13.1. The molecule has 13 rings (SSSR count). The van der Waals surface area contributed by atoms with Crippen LogP contribution < -0.4 is 0 Å². The smallest absolute Gasteiger partial charge is 0.235 e. The van der Waals surface area contributed by atoms with Crippen molar-refractivity contribution >= 4 is 54.4 Å². The second kappa shape index (κ2) is 15.4. The highest BCUT2D eigenvalue weighted by atomic mass is 15.2. The largest absolute Gasteiger partial charge is 0.309 e. The summed E-state index contributed by atoms with van der Waals surface area (Å²) in [6.45, 7) is 0. The highest BCUT2D eigenvalue weighted by Gasteiger charge is 2.18. The van der Waals surface area contributed by atoms with Crippen LogP contribution in [0.2, 0.25) is 0 Å². The lowest BCUT2D eigenvalue weighted by molar-refractivity contribution is 0.995. The molecule has 308 valence electrons. The van der Waals surface area contributed by atoms with Gasteiger partial charge in [0, 0.05) is 38.4 Å². The normalized spacial score (nSPS) is 11.6. The molecule has 4 heteroatoms. The number of fused-ring (bicyclic) bond motifs is 7. The summed E-state index contributed by atoms with van der Waals surface area (Å²) in [6.07, 6.45) is 0. The van der Waals surface area contributed by atoms with Gasteiger partial charge in [-0.25, -0.2) is 9.97 Å². The second-order valence-corrected chi connectivity index (χ2v) is 17.0. The molecule has 10 aromatic carbocycles. The van der Waals surface area contributed by atoms with Crippen LogP contribution in [-0.4, -0.2) is 19.1 Å². The molecule has 0 fully saturated rings. The minimum absolute atomic E-state index is 0.648. The van der Waals surface area contributed by atoms with Gasteiger partial charge < -0.3 is 4.57 Å². The summed E-state index contributed by atoms with van der Waals surface area (Å²) in [4.78, 5) is 10.4. The highest BCUT2D eigenvalue weighted by Crippen LogP contribution is 2.38. The van der Waals surface area contributed by atoms with E-state index in [1.807, 2.05) is 12.1 Å². The minimum Gasteiger partial charge on any atom is -0.309 e. The van der Waals surface area contributed by atoms with Crippen molar-refractivity contribution in [2.75, 3.05) is 0 Å². The lowest BCUT2D eigenvalue weighted by Crippen LogP contribution is -2.03. The summed E-state index contributed by atoms with van der Waals surface area (Å²) in [6, 6.07) is 87.0. The molecule has 0 atom stereocenters. The van der Waals surface area contributed by atoms with Crippen molar-refractivity contribution < 1.29 is 0 Å². The number of para-hydroxylation sites is 3. The van der Waals surface area contributed by atoms with Gasteiger partial charge in [0.05, 0.1) is 33.5 Å². The van der Waals surface area contributed by atoms with Gasteiger partial charge in [-0.15, -0.1) is 0 Å². The molecule has 3 heterocycles. The van der Waals surface area contributed by atoms with Crippen molar-refractivity contribution in [1.29, 1.82) is 0 Å². The number of rotatable bonds is 7. The molecule has 4 nitrogen and oxygen atoms in total. The number of aromatic nitrogens is 4. The van der Waals surface area contributed by atoms with Gasteiger partial charge in [0.2, 0.25) is 5.95 Å². The van der Waals surface area contributed by atoms with Gasteiger partial charge in [0.25, 0.3) is 0 Å². The molecular weight excluding hydrogens is 801 g/mol. The predicted octanol–water partition coefficient (Wildman–Crippen LogP) is 16.2. The SMILES string of the molecule is c1ccc(-c2cc(-c3ccccc3)nc(-n3c4ccccc4c4cc(-c5ccc(-c6ccc7cc(-c8ccc9c%10ccccc%10n(-c%10ccccc%10)c9c8)ccc7c6)cc5)ccc43)n2)cc1. The van der Waals surface area contributed by atoms with Gasteiger partial charge in [-0.1, -0.05) is 182 Å². The topological polar surface area (TPSA) is 35.6 Å². The predicted molar refractivity (Wildman–Crippen MR) is 275 cm³/mol. The zero-order chi connectivity index (χ0) is 43.6. The van der Waals surface area contributed by atoms with Gasteiger partial charge in [-0.3, -0.25) is 4.57 Å². The Kier molecular flexibility index (Phi) is 8.81. The molecule has 0 amide bonds. The lowest BCUT2D eigenvalue weighted by atomic mass is 9.96. The first-order valence-corrected chi connectivity index (χ1v) is 22.5. The summed E-state index contributed by atoms with van der Waals surface area (Å²) in [7, 11) is 0. The van der Waals surface area contributed by atoms with Crippen LogP contribution in [-0.2, 0) is 0 Å². The first-order valence-electron chi connectivity index (χ1n) is 22.5. The van der Waals surface area contributed by atoms with Crippen LogP contribution in [0.25, 0.3) is 122 Å². The molecule has 0 aliphatic rings. The summed E-state index contributed by atoms with van der Waals surface area (Å²) in [5.41, 5.74) is 16.7. The lowest BCUT2D eigenvalue weighted by Gasteiger charge is -2.12. The van der Waals surface area contributed by atoms with E-state index >= 15 is 0 Å². The maximum Gasteiger partial charge on any atom is 0.235 e. The number of nitrogens with zero attached hydrogens (tertiary/aromatic N) is 4. The van der Waals surface area contributed by atoms with Crippen LogP contribution in [0.15, 0.2) is 243 Å². The fourth-order valence-electron chi connectivity index (χ4n) is 9.88. The van der Waals surface area contributed by atoms with Gasteiger partial charge in [-0.05, 0) is 105 Å². The van der Waals surface area contributed by atoms with Crippen LogP contribution in [0.5, 0.6) is 0 Å². The molecule has 0 bridgehead atoms. The van der Waals surface area contributed by atoms with E-state index in [2.05, 4.69) is 240 Å². The zero-order valence-corrected chi connectivity index (χ0v) is 35.9. The van der Waals surface area contributed by atoms with E-state index in [0.29, 0.717) is 5.95 Å². The van der Waals surface area contributed by atoms with E-state index in [9.17, 15) is 0 Å². The van der Waals surface area contributed by atoms with Crippen molar-refractivity contribution in [3.63, 3.8) is 0 Å². The highest BCUT2D eigenvalue weighted by molar-refractivity contribution is 6.11. The summed E-state index contributed by atoms with van der Waals surface area (Å²) < 4.78 is 4.59. The summed E-state index contributed by atoms with van der Waals surface area (Å²) in [5, 5.41) is 7.29. The van der Waals surface area contributed by atoms with E-state index < -0.39 is 0 Å². The molecule has 13 aromatic rings. The van der Waals surface area contributed by atoms with E-state index in [4.69, 9.17) is 9.97 Å². The van der Waals surface area contributed by atoms with Crippen molar-refractivity contribution in [3.05, 3.63) is 243 Å². The van der Waals surface area contributed by atoms with E-state index in [1.54, 1.807) is 0 Å². The third kappa shape index (κ3) is 6.38. The van der Waals surface area contributed by atoms with Crippen molar-refractivity contribution in [3.8, 4) is 67.5 Å². The Morgan fingerprint density at radius 3 is 1.29 bits per heavy atom. The Morgan fingerprint density at radius 1 is 0.242 bits per heavy atom. The van der Waals surface area contributed by atoms with Gasteiger partial charge in [0.1, 0.15) is 0 Å². The fraction of sp³-hybridized carbons (Fsp3) is 0. The Bertz CT molecular complexity index is 3900. The van der Waals surface area contributed by atoms with E-state index in [-0.39, 0.29) is 0 Å². The Balaban J connectivity index is 0.828. The summed E-state index contributed by atoms with van der Waals surface area (Å²) in [5.74, 6) is 0.648. The quantitative estimate of drug-likeness (QED) is 0.160. The molecule has 0 N–H and O–H groups in total. The molecule has 0 aliphatic heterocycles. The first-order chi connectivity index (χ1) is 32.7. The average Bonchev–Trinajstić information content (AvgIpc) is 3.91. The molecule has 0 saturated heterocycles. The van der Waals surface area contributed by atoms with E-state index in [1.165, 1.54) is 66.1 Å². The monoisotopic (exact) mass is 840 g/mol. The van der Waals surface area contributed by atoms with Crippen LogP contribution in [0, 0.1) is 0 Å². The van der Waals surface area contributed by atoms with Gasteiger partial charge in [0.15, 0.2) is 0 Å². The Labute approximate surface area is 382 Å². The van der Waals surface area contributed by atoms with Crippen LogP contribution in [0.3, 0.4) is 0 Å². The molecule has 0 unspecified atom stereocenters. The van der Waals surface area contributed by atoms with E-state index in [0.717, 1.165) is 49.9 Å². The average molecular weight is 841 g/mol. The Morgan fingerprint density at radius 2 is 0.667 bits per heavy atom. The first kappa shape index (κ1) is 37.7. The van der Waals surface area contributed by atoms with Crippen LogP contribution >= 0.6 is 0 Å². The zero-order valence-electron chi connectivity index (χ0n) is 35.9.